The smallest absolute Gasteiger partial charge is 0.320 e. The van der Waals surface area contributed by atoms with E-state index < -0.39 is 23.4 Å². The Morgan fingerprint density at radius 2 is 1.92 bits per heavy atom. The van der Waals surface area contributed by atoms with Crippen LogP contribution in [0, 0.1) is 35.5 Å². The van der Waals surface area contributed by atoms with Gasteiger partial charge in [-0.15, -0.1) is 0 Å². The van der Waals surface area contributed by atoms with Crippen LogP contribution in [0.5, 0.6) is 0 Å². The molecule has 1 aromatic carbocycles. The minimum Gasteiger partial charge on any atom is -0.481 e. The zero-order chi connectivity index (χ0) is 27.8. The van der Waals surface area contributed by atoms with Crippen molar-refractivity contribution in [3.8, 4) is 0 Å². The first-order valence-electron chi connectivity index (χ1n) is 14.1. The van der Waals surface area contributed by atoms with Gasteiger partial charge in [-0.1, -0.05) is 56.5 Å². The Balaban J connectivity index is 0.000000186. The first kappa shape index (κ1) is 28.2. The van der Waals surface area contributed by atoms with E-state index in [4.69, 9.17) is 10.8 Å². The van der Waals surface area contributed by atoms with Gasteiger partial charge in [0, 0.05) is 23.5 Å². The number of carboxylic acids is 2. The largest absolute Gasteiger partial charge is 0.481 e. The second-order valence-electron chi connectivity index (χ2n) is 12.6. The molecule has 0 aliphatic heterocycles. The van der Waals surface area contributed by atoms with E-state index in [-0.39, 0.29) is 11.3 Å². The number of nitrogens with one attached hydrogen (secondary N) is 1. The molecule has 2 unspecified atom stereocenters. The molecule has 1 saturated carbocycles. The molecule has 6 nitrogen and oxygen atoms in total. The Morgan fingerprint density at radius 3 is 2.58 bits per heavy atom. The maximum Gasteiger partial charge on any atom is 0.320 e. The molecule has 5 atom stereocenters. The van der Waals surface area contributed by atoms with Crippen LogP contribution in [0.15, 0.2) is 47.7 Å². The van der Waals surface area contributed by atoms with Gasteiger partial charge in [-0.25, -0.2) is 0 Å². The molecule has 38 heavy (non-hydrogen) atoms. The van der Waals surface area contributed by atoms with Crippen molar-refractivity contribution in [1.82, 2.24) is 4.98 Å². The highest BCUT2D eigenvalue weighted by Crippen LogP contribution is 2.62. The third-order valence-electron chi connectivity index (χ3n) is 9.75. The van der Waals surface area contributed by atoms with Crippen LogP contribution in [-0.4, -0.2) is 33.2 Å². The summed E-state index contributed by atoms with van der Waals surface area (Å²) in [4.78, 5) is 25.7. The van der Waals surface area contributed by atoms with Gasteiger partial charge in [0.1, 0.15) is 6.04 Å². The van der Waals surface area contributed by atoms with E-state index >= 15 is 0 Å². The molecule has 2 aromatic rings. The third kappa shape index (κ3) is 5.20. The Hall–Kier alpha value is -2.86. The van der Waals surface area contributed by atoms with Crippen molar-refractivity contribution in [1.29, 1.82) is 0 Å². The van der Waals surface area contributed by atoms with Gasteiger partial charge >= 0.3 is 11.9 Å². The number of carboxylic acid groups (broad SMARTS) is 2. The second-order valence-corrected chi connectivity index (χ2v) is 12.6. The van der Waals surface area contributed by atoms with Crippen LogP contribution in [0.3, 0.4) is 0 Å². The lowest BCUT2D eigenvalue weighted by atomic mass is 9.47. The number of carbonyl (C=O) groups is 2. The summed E-state index contributed by atoms with van der Waals surface area (Å²) in [6.07, 6.45) is 13.4. The lowest BCUT2D eigenvalue weighted by molar-refractivity contribution is -0.162. The Labute approximate surface area is 226 Å². The van der Waals surface area contributed by atoms with E-state index in [0.29, 0.717) is 18.3 Å². The van der Waals surface area contributed by atoms with Gasteiger partial charge in [0.15, 0.2) is 0 Å². The van der Waals surface area contributed by atoms with Crippen LogP contribution in [-0.2, 0) is 16.0 Å². The number of hydrogen-bond acceptors (Lipinski definition) is 3. The number of rotatable bonds is 5. The van der Waals surface area contributed by atoms with Gasteiger partial charge in [-0.3, -0.25) is 9.59 Å². The molecule has 1 fully saturated rings. The molecule has 1 heterocycles. The fourth-order valence-electron chi connectivity index (χ4n) is 7.39. The van der Waals surface area contributed by atoms with E-state index in [2.05, 4.69) is 37.9 Å². The quantitative estimate of drug-likeness (QED) is 0.353. The molecule has 0 radical (unpaired) electrons. The molecule has 0 amide bonds. The summed E-state index contributed by atoms with van der Waals surface area (Å²) < 4.78 is 0. The van der Waals surface area contributed by atoms with Crippen LogP contribution < -0.4 is 5.73 Å². The molecule has 0 bridgehead atoms. The number of nitrogens with two attached hydrogens (primary N) is 1. The number of aromatic amines is 1. The summed E-state index contributed by atoms with van der Waals surface area (Å²) in [6.45, 7) is 10.9. The van der Waals surface area contributed by atoms with Gasteiger partial charge in [-0.2, -0.15) is 0 Å². The fourth-order valence-corrected chi connectivity index (χ4v) is 7.39. The molecule has 5 rings (SSSR count). The van der Waals surface area contributed by atoms with Gasteiger partial charge in [-0.05, 0) is 92.4 Å². The summed E-state index contributed by atoms with van der Waals surface area (Å²) in [5, 5.41) is 19.7. The third-order valence-corrected chi connectivity index (χ3v) is 9.75. The molecule has 3 aliphatic carbocycles. The molecular weight excluding hydrogens is 476 g/mol. The first-order chi connectivity index (χ1) is 17.9. The number of aromatic nitrogens is 1. The van der Waals surface area contributed by atoms with Gasteiger partial charge in [0.25, 0.3) is 0 Å². The highest BCUT2D eigenvalue weighted by Gasteiger charge is 2.57. The molecule has 0 spiro atoms. The number of hydrogen-bond donors (Lipinski definition) is 4. The van der Waals surface area contributed by atoms with Gasteiger partial charge in [0.05, 0.1) is 5.41 Å². The van der Waals surface area contributed by atoms with Crippen molar-refractivity contribution in [3.63, 3.8) is 0 Å². The lowest BCUT2D eigenvalue weighted by Gasteiger charge is -2.57. The zero-order valence-electron chi connectivity index (χ0n) is 23.5. The monoisotopic (exact) mass is 520 g/mol. The summed E-state index contributed by atoms with van der Waals surface area (Å²) in [5.41, 5.74) is 11.3. The fraction of sp³-hybridized carbons (Fsp3) is 0.562. The maximum atomic E-state index is 11.9. The van der Waals surface area contributed by atoms with Crippen molar-refractivity contribution in [3.05, 3.63) is 58.8 Å². The van der Waals surface area contributed by atoms with Crippen LogP contribution in [0.25, 0.3) is 10.9 Å². The van der Waals surface area contributed by atoms with Gasteiger partial charge in [0.2, 0.25) is 0 Å². The molecule has 206 valence electrons. The van der Waals surface area contributed by atoms with E-state index in [9.17, 15) is 14.7 Å². The number of aliphatic carboxylic acids is 2. The molecule has 1 aromatic heterocycles. The minimum absolute atomic E-state index is 0.161. The average Bonchev–Trinajstić information content (AvgIpc) is 3.25. The van der Waals surface area contributed by atoms with Gasteiger partial charge < -0.3 is 20.9 Å². The molecule has 0 saturated heterocycles. The predicted octanol–water partition coefficient (Wildman–Crippen LogP) is 6.64. The number of H-pyrrole nitrogens is 1. The molecule has 3 aliphatic rings. The minimum atomic E-state index is -0.970. The van der Waals surface area contributed by atoms with Crippen molar-refractivity contribution in [2.24, 2.45) is 34.3 Å². The zero-order valence-corrected chi connectivity index (χ0v) is 23.5. The molecule has 6 heteroatoms. The molecule has 5 N–H and O–H groups in total. The summed E-state index contributed by atoms with van der Waals surface area (Å²) in [5.74, 6) is -0.0822. The number of aryl methyl sites for hydroxylation is 1. The van der Waals surface area contributed by atoms with Crippen LogP contribution in [0.2, 0.25) is 0 Å². The average molecular weight is 521 g/mol. The summed E-state index contributed by atoms with van der Waals surface area (Å²) >= 11 is 0. The van der Waals surface area contributed by atoms with E-state index in [1.54, 1.807) is 5.57 Å². The Bertz CT molecular complexity index is 1270. The van der Waals surface area contributed by atoms with Crippen molar-refractivity contribution >= 4 is 22.8 Å². The summed E-state index contributed by atoms with van der Waals surface area (Å²) in [7, 11) is 0. The number of allylic oxidation sites excluding steroid dienone is 4. The topological polar surface area (TPSA) is 116 Å². The van der Waals surface area contributed by atoms with Crippen LogP contribution in [0.4, 0.5) is 0 Å². The number of benzene rings is 1. The standard InChI is InChI=1S/C20H30O2.C12H14N2O2/c1-13(2)14-6-8-16-15(12-14)7-9-17-19(16,3)10-5-11-20(17,4)18(21)22;1-7-2-3-11-9(4-7)8(6-14-11)5-10(13)12(15)16/h7,12-13,16-17H,5-6,8-11H2,1-4H3,(H,21,22);2-4,6,10,14H,5,13H2,1H3,(H,15,16)/t16-,17?,19+,20+;/m0./s1. The van der Waals surface area contributed by atoms with E-state index in [1.807, 2.05) is 38.2 Å². The van der Waals surface area contributed by atoms with Crippen LogP contribution >= 0.6 is 0 Å². The SMILES string of the molecule is CC(C)C1=CC2=CCC3[C@](C)(C(=O)O)CCC[C@]3(C)[C@H]2CC1.Cc1ccc2[nH]cc(CC(N)C(=O)O)c2c1. The second kappa shape index (κ2) is 10.7. The Kier molecular flexibility index (Phi) is 7.94. The summed E-state index contributed by atoms with van der Waals surface area (Å²) in [6, 6.07) is 5.19. The number of fused-ring (bicyclic) bond motifs is 4. The highest BCUT2D eigenvalue weighted by atomic mass is 16.4. The normalized spacial score (nSPS) is 29.3. The van der Waals surface area contributed by atoms with E-state index in [1.165, 1.54) is 24.8 Å². The van der Waals surface area contributed by atoms with Crippen LogP contribution in [0.1, 0.15) is 77.3 Å². The van der Waals surface area contributed by atoms with Crippen molar-refractivity contribution in [2.45, 2.75) is 85.6 Å². The predicted molar refractivity (Wildman–Crippen MR) is 152 cm³/mol. The van der Waals surface area contributed by atoms with E-state index in [0.717, 1.165) is 41.3 Å². The first-order valence-corrected chi connectivity index (χ1v) is 14.1. The Morgan fingerprint density at radius 1 is 1.18 bits per heavy atom. The molecular formula is C32H44N2O4. The highest BCUT2D eigenvalue weighted by molar-refractivity contribution is 5.85. The lowest BCUT2D eigenvalue weighted by Crippen LogP contribution is -2.53. The van der Waals surface area contributed by atoms with Crippen molar-refractivity contribution in [2.75, 3.05) is 0 Å². The van der Waals surface area contributed by atoms with Crippen molar-refractivity contribution < 1.29 is 19.8 Å². The maximum absolute atomic E-state index is 11.9.